The number of fused-ring (bicyclic) bond motifs is 3. The van der Waals surface area contributed by atoms with Crippen molar-refractivity contribution in [2.24, 2.45) is 0 Å². The number of hydrogen-bond acceptors (Lipinski definition) is 5. The number of rotatable bonds is 5. The second-order valence-electron chi connectivity index (χ2n) is 4.68. The molecule has 0 radical (unpaired) electrons. The lowest BCUT2D eigenvalue weighted by molar-refractivity contribution is -0.138. The van der Waals surface area contributed by atoms with Crippen molar-refractivity contribution in [2.75, 3.05) is 0 Å². The Kier molecular flexibility index (Phi) is 3.49. The van der Waals surface area contributed by atoms with Crippen LogP contribution in [0.4, 0.5) is 0 Å². The Morgan fingerprint density at radius 2 is 1.91 bits per heavy atom. The highest BCUT2D eigenvalue weighted by atomic mass is 32.2. The molecule has 0 fully saturated rings. The fourth-order valence-electron chi connectivity index (χ4n) is 2.21. The average Bonchev–Trinajstić information content (AvgIpc) is 2.99. The number of carboxylic acid groups (broad SMARTS) is 2. The largest absolute Gasteiger partial charge is 0.480 e. The molecule has 1 atom stereocenters. The van der Waals surface area contributed by atoms with Crippen molar-refractivity contribution in [1.82, 2.24) is 19.2 Å². The van der Waals surface area contributed by atoms with Crippen LogP contribution in [-0.2, 0) is 16.1 Å². The Labute approximate surface area is 128 Å². The molecule has 0 aliphatic rings. The van der Waals surface area contributed by atoms with E-state index in [0.29, 0.717) is 16.5 Å². The van der Waals surface area contributed by atoms with Gasteiger partial charge < -0.3 is 10.2 Å². The highest BCUT2D eigenvalue weighted by Gasteiger charge is 2.21. The van der Waals surface area contributed by atoms with E-state index < -0.39 is 17.2 Å². The summed E-state index contributed by atoms with van der Waals surface area (Å²) in [5.74, 6) is -1.56. The van der Waals surface area contributed by atoms with Crippen LogP contribution in [-0.4, -0.2) is 46.6 Å². The molecule has 2 aromatic heterocycles. The van der Waals surface area contributed by atoms with Crippen molar-refractivity contribution in [1.29, 1.82) is 0 Å². The van der Waals surface area contributed by atoms with Crippen molar-refractivity contribution in [3.8, 4) is 0 Å². The summed E-state index contributed by atoms with van der Waals surface area (Å²) in [5, 5.41) is 25.8. The molecule has 1 aromatic carbocycles. The van der Waals surface area contributed by atoms with Gasteiger partial charge in [-0.15, -0.1) is 10.2 Å². The zero-order valence-corrected chi connectivity index (χ0v) is 12.3. The molecule has 22 heavy (non-hydrogen) atoms. The summed E-state index contributed by atoms with van der Waals surface area (Å²) in [6, 6.07) is 7.24. The van der Waals surface area contributed by atoms with Crippen LogP contribution in [0.3, 0.4) is 0 Å². The zero-order chi connectivity index (χ0) is 15.9. The van der Waals surface area contributed by atoms with Crippen LogP contribution in [0.25, 0.3) is 16.8 Å². The number of carbonyl (C=O) groups is 2. The second-order valence-corrected chi connectivity index (χ2v) is 5.99. The Morgan fingerprint density at radius 3 is 2.55 bits per heavy atom. The SMILES string of the molecule is CC(Sc1nnc2n(CC(=O)O)c3ccccc3n12)C(=O)O. The van der Waals surface area contributed by atoms with E-state index in [2.05, 4.69) is 10.2 Å². The third-order valence-corrected chi connectivity index (χ3v) is 4.22. The highest BCUT2D eigenvalue weighted by Crippen LogP contribution is 2.28. The van der Waals surface area contributed by atoms with Crippen molar-refractivity contribution in [3.05, 3.63) is 24.3 Å². The number of aliphatic carboxylic acids is 2. The lowest BCUT2D eigenvalue weighted by atomic mass is 10.3. The molecule has 3 aromatic rings. The number of hydrogen-bond donors (Lipinski definition) is 2. The Hall–Kier alpha value is -2.55. The molecule has 0 saturated carbocycles. The van der Waals surface area contributed by atoms with Gasteiger partial charge in [-0.3, -0.25) is 18.6 Å². The van der Waals surface area contributed by atoms with E-state index in [1.807, 2.05) is 12.1 Å². The van der Waals surface area contributed by atoms with E-state index in [1.54, 1.807) is 28.0 Å². The van der Waals surface area contributed by atoms with Gasteiger partial charge in [-0.05, 0) is 19.1 Å². The van der Waals surface area contributed by atoms with Crippen LogP contribution in [0.2, 0.25) is 0 Å². The molecule has 0 aliphatic heterocycles. The first-order chi connectivity index (χ1) is 10.5. The Balaban J connectivity index is 2.21. The van der Waals surface area contributed by atoms with Crippen molar-refractivity contribution in [2.45, 2.75) is 23.9 Å². The van der Waals surface area contributed by atoms with E-state index in [9.17, 15) is 9.59 Å². The normalized spacial score (nSPS) is 12.8. The lowest BCUT2D eigenvalue weighted by Gasteiger charge is -2.02. The predicted octanol–water partition coefficient (Wildman–Crippen LogP) is 1.33. The first-order valence-corrected chi connectivity index (χ1v) is 7.30. The van der Waals surface area contributed by atoms with E-state index >= 15 is 0 Å². The predicted molar refractivity (Wildman–Crippen MR) is 79.1 cm³/mol. The van der Waals surface area contributed by atoms with E-state index in [0.717, 1.165) is 17.3 Å². The molecule has 0 amide bonds. The Bertz CT molecular complexity index is 885. The fourth-order valence-corrected chi connectivity index (χ4v) is 3.00. The van der Waals surface area contributed by atoms with Gasteiger partial charge in [0.25, 0.3) is 0 Å². The maximum atomic E-state index is 11.1. The van der Waals surface area contributed by atoms with Gasteiger partial charge in [0.05, 0.1) is 11.0 Å². The quantitative estimate of drug-likeness (QED) is 0.682. The molecule has 0 aliphatic carbocycles. The number of thioether (sulfide) groups is 1. The van der Waals surface area contributed by atoms with Crippen LogP contribution in [0.5, 0.6) is 0 Å². The molecule has 1 unspecified atom stereocenters. The van der Waals surface area contributed by atoms with Crippen LogP contribution < -0.4 is 0 Å². The van der Waals surface area contributed by atoms with Crippen molar-refractivity contribution >= 4 is 40.5 Å². The summed E-state index contributed by atoms with van der Waals surface area (Å²) in [4.78, 5) is 22.1. The molecule has 0 spiro atoms. The van der Waals surface area contributed by atoms with Gasteiger partial charge in [0.2, 0.25) is 5.78 Å². The van der Waals surface area contributed by atoms with Gasteiger partial charge in [0, 0.05) is 0 Å². The van der Waals surface area contributed by atoms with Crippen molar-refractivity contribution in [3.63, 3.8) is 0 Å². The first kappa shape index (κ1) is 14.4. The molecule has 2 heterocycles. The second kappa shape index (κ2) is 5.34. The van der Waals surface area contributed by atoms with E-state index in [1.165, 1.54) is 0 Å². The van der Waals surface area contributed by atoms with Gasteiger partial charge in [-0.25, -0.2) is 0 Å². The smallest absolute Gasteiger partial charge is 0.323 e. The maximum Gasteiger partial charge on any atom is 0.323 e. The summed E-state index contributed by atoms with van der Waals surface area (Å²) in [5.41, 5.74) is 1.45. The summed E-state index contributed by atoms with van der Waals surface area (Å²) in [6.45, 7) is 1.32. The van der Waals surface area contributed by atoms with Gasteiger partial charge in [-0.1, -0.05) is 23.9 Å². The number of nitrogens with zero attached hydrogens (tertiary/aromatic N) is 4. The van der Waals surface area contributed by atoms with Gasteiger partial charge in [0.15, 0.2) is 5.16 Å². The lowest BCUT2D eigenvalue weighted by Crippen LogP contribution is -2.11. The molecular weight excluding hydrogens is 308 g/mol. The molecule has 0 bridgehead atoms. The number of carboxylic acids is 2. The zero-order valence-electron chi connectivity index (χ0n) is 11.5. The number of aromatic nitrogens is 4. The van der Waals surface area contributed by atoms with Crippen LogP contribution in [0.15, 0.2) is 29.4 Å². The summed E-state index contributed by atoms with van der Waals surface area (Å²) >= 11 is 1.06. The fraction of sp³-hybridized carbons (Fsp3) is 0.231. The van der Waals surface area contributed by atoms with Crippen LogP contribution in [0.1, 0.15) is 6.92 Å². The van der Waals surface area contributed by atoms with Gasteiger partial charge in [0.1, 0.15) is 11.8 Å². The molecule has 2 N–H and O–H groups in total. The van der Waals surface area contributed by atoms with E-state index in [4.69, 9.17) is 10.2 Å². The minimum absolute atomic E-state index is 0.242. The maximum absolute atomic E-state index is 11.1. The Morgan fingerprint density at radius 1 is 1.23 bits per heavy atom. The number of imidazole rings is 1. The van der Waals surface area contributed by atoms with Crippen molar-refractivity contribution < 1.29 is 19.8 Å². The third kappa shape index (κ3) is 2.29. The average molecular weight is 320 g/mol. The highest BCUT2D eigenvalue weighted by molar-refractivity contribution is 8.00. The molecule has 8 nitrogen and oxygen atoms in total. The van der Waals surface area contributed by atoms with Crippen LogP contribution >= 0.6 is 11.8 Å². The summed E-state index contributed by atoms with van der Waals surface area (Å²) in [7, 11) is 0. The molecule has 3 rings (SSSR count). The molecule has 0 saturated heterocycles. The molecular formula is C13H12N4O4S. The monoisotopic (exact) mass is 320 g/mol. The summed E-state index contributed by atoms with van der Waals surface area (Å²) < 4.78 is 3.22. The first-order valence-electron chi connectivity index (χ1n) is 6.42. The summed E-state index contributed by atoms with van der Waals surface area (Å²) in [6.07, 6.45) is 0. The standard InChI is InChI=1S/C13H12N4O4S/c1-7(11(20)21)22-13-15-14-12-16(6-10(18)19)8-4-2-3-5-9(8)17(12)13/h2-5,7H,6H2,1H3,(H,18,19)(H,20,21). The number of benzene rings is 1. The van der Waals surface area contributed by atoms with Gasteiger partial charge >= 0.3 is 11.9 Å². The van der Waals surface area contributed by atoms with Crippen LogP contribution in [0, 0.1) is 0 Å². The minimum Gasteiger partial charge on any atom is -0.480 e. The van der Waals surface area contributed by atoms with Gasteiger partial charge in [-0.2, -0.15) is 0 Å². The third-order valence-electron chi connectivity index (χ3n) is 3.19. The molecule has 9 heteroatoms. The minimum atomic E-state index is -0.987. The topological polar surface area (TPSA) is 110 Å². The number of para-hydroxylation sites is 2. The van der Waals surface area contributed by atoms with E-state index in [-0.39, 0.29) is 6.54 Å². The molecule has 114 valence electrons.